The van der Waals surface area contributed by atoms with Gasteiger partial charge in [-0.15, -0.1) is 0 Å². The van der Waals surface area contributed by atoms with E-state index < -0.39 is 0 Å². The fourth-order valence-corrected chi connectivity index (χ4v) is 6.33. The van der Waals surface area contributed by atoms with Gasteiger partial charge in [0.15, 0.2) is 0 Å². The zero-order chi connectivity index (χ0) is 26.4. The molecule has 1 fully saturated rings. The van der Waals surface area contributed by atoms with Crippen LogP contribution in [0.5, 0.6) is 5.75 Å². The van der Waals surface area contributed by atoms with Gasteiger partial charge in [-0.2, -0.15) is 0 Å². The van der Waals surface area contributed by atoms with E-state index in [2.05, 4.69) is 74.8 Å². The number of ether oxygens (including phenoxy) is 1. The van der Waals surface area contributed by atoms with Gasteiger partial charge in [0.05, 0.1) is 18.8 Å². The minimum absolute atomic E-state index is 0.345. The normalized spacial score (nSPS) is 17.3. The van der Waals surface area contributed by atoms with E-state index in [-0.39, 0.29) is 0 Å². The van der Waals surface area contributed by atoms with Crippen LogP contribution in [0.3, 0.4) is 0 Å². The first-order chi connectivity index (χ1) is 18.4. The van der Waals surface area contributed by atoms with Crippen molar-refractivity contribution in [1.82, 2.24) is 14.9 Å². The number of aliphatic imine (C=N–C) groups is 1. The van der Waals surface area contributed by atoms with Crippen molar-refractivity contribution in [2.24, 2.45) is 4.99 Å². The smallest absolute Gasteiger partial charge is 0.144 e. The lowest BCUT2D eigenvalue weighted by molar-refractivity contribution is 0.321. The van der Waals surface area contributed by atoms with Crippen molar-refractivity contribution in [3.05, 3.63) is 64.1 Å². The molecule has 0 saturated carbocycles. The Balaban J connectivity index is 1.37. The SMILES string of the molecule is CC1=Nc2cc(-c3cc(C)c4c(c3)CN(c3nc(CN5CCCC5)nc(C)c3C(C)C)CCO4)ccc2C1. The van der Waals surface area contributed by atoms with Crippen LogP contribution >= 0.6 is 0 Å². The summed E-state index contributed by atoms with van der Waals surface area (Å²) in [6.07, 6.45) is 3.50. The molecule has 0 radical (unpaired) electrons. The number of fused-ring (bicyclic) bond motifs is 2. The topological polar surface area (TPSA) is 53.9 Å². The summed E-state index contributed by atoms with van der Waals surface area (Å²) in [6.45, 7) is 16.2. The van der Waals surface area contributed by atoms with Gasteiger partial charge in [-0.25, -0.2) is 9.97 Å². The van der Waals surface area contributed by atoms with E-state index in [9.17, 15) is 0 Å². The van der Waals surface area contributed by atoms with Crippen LogP contribution in [0.15, 0.2) is 35.3 Å². The highest BCUT2D eigenvalue weighted by molar-refractivity contribution is 5.93. The second-order valence-electron chi connectivity index (χ2n) is 11.5. The summed E-state index contributed by atoms with van der Waals surface area (Å²) < 4.78 is 6.36. The monoisotopic (exact) mass is 509 g/mol. The van der Waals surface area contributed by atoms with Crippen LogP contribution in [0.4, 0.5) is 11.5 Å². The average Bonchev–Trinajstić information content (AvgIpc) is 3.45. The third kappa shape index (κ3) is 4.82. The Bertz CT molecular complexity index is 1400. The molecular weight excluding hydrogens is 470 g/mol. The van der Waals surface area contributed by atoms with E-state index in [0.29, 0.717) is 12.5 Å². The highest BCUT2D eigenvalue weighted by atomic mass is 16.5. The Labute approximate surface area is 226 Å². The van der Waals surface area contributed by atoms with Crippen molar-refractivity contribution in [2.75, 3.05) is 31.1 Å². The quantitative estimate of drug-likeness (QED) is 0.392. The summed E-state index contributed by atoms with van der Waals surface area (Å²) in [5.74, 6) is 3.37. The number of benzene rings is 2. The molecule has 6 nitrogen and oxygen atoms in total. The first-order valence-electron chi connectivity index (χ1n) is 14.1. The second kappa shape index (κ2) is 10.1. The largest absolute Gasteiger partial charge is 0.491 e. The van der Waals surface area contributed by atoms with Gasteiger partial charge in [-0.1, -0.05) is 26.0 Å². The minimum atomic E-state index is 0.345. The summed E-state index contributed by atoms with van der Waals surface area (Å²) in [4.78, 5) is 19.8. The molecule has 38 heavy (non-hydrogen) atoms. The number of nitrogens with zero attached hydrogens (tertiary/aromatic N) is 5. The number of hydrogen-bond acceptors (Lipinski definition) is 6. The van der Waals surface area contributed by atoms with Crippen molar-refractivity contribution in [1.29, 1.82) is 0 Å². The number of anilines is 1. The van der Waals surface area contributed by atoms with Crippen LogP contribution in [-0.2, 0) is 19.5 Å². The summed E-state index contributed by atoms with van der Waals surface area (Å²) in [5, 5.41) is 0. The molecular formula is C32H39N5O. The van der Waals surface area contributed by atoms with Gasteiger partial charge in [0, 0.05) is 35.5 Å². The van der Waals surface area contributed by atoms with Crippen molar-refractivity contribution >= 4 is 17.2 Å². The fourth-order valence-electron chi connectivity index (χ4n) is 6.33. The molecule has 4 heterocycles. The molecule has 3 aliphatic heterocycles. The van der Waals surface area contributed by atoms with E-state index in [1.807, 2.05) is 0 Å². The third-order valence-corrected chi connectivity index (χ3v) is 8.10. The Hall–Kier alpha value is -3.25. The zero-order valence-corrected chi connectivity index (χ0v) is 23.5. The van der Waals surface area contributed by atoms with Gasteiger partial charge in [0.25, 0.3) is 0 Å². The molecule has 2 aromatic carbocycles. The van der Waals surface area contributed by atoms with Crippen molar-refractivity contribution in [2.45, 2.75) is 72.9 Å². The fraction of sp³-hybridized carbons (Fsp3) is 0.469. The minimum Gasteiger partial charge on any atom is -0.491 e. The van der Waals surface area contributed by atoms with E-state index in [0.717, 1.165) is 67.9 Å². The van der Waals surface area contributed by atoms with Crippen LogP contribution < -0.4 is 9.64 Å². The Morgan fingerprint density at radius 3 is 2.53 bits per heavy atom. The summed E-state index contributed by atoms with van der Waals surface area (Å²) in [6, 6.07) is 11.3. The Morgan fingerprint density at radius 2 is 1.74 bits per heavy atom. The van der Waals surface area contributed by atoms with Gasteiger partial charge in [0.1, 0.15) is 24.0 Å². The molecule has 6 heteroatoms. The maximum Gasteiger partial charge on any atom is 0.144 e. The van der Waals surface area contributed by atoms with Crippen molar-refractivity contribution in [3.63, 3.8) is 0 Å². The molecule has 0 bridgehead atoms. The van der Waals surface area contributed by atoms with Gasteiger partial charge < -0.3 is 9.64 Å². The lowest BCUT2D eigenvalue weighted by atomic mass is 9.96. The number of hydrogen-bond donors (Lipinski definition) is 0. The summed E-state index contributed by atoms with van der Waals surface area (Å²) >= 11 is 0. The highest BCUT2D eigenvalue weighted by Crippen LogP contribution is 2.38. The predicted octanol–water partition coefficient (Wildman–Crippen LogP) is 6.53. The zero-order valence-electron chi connectivity index (χ0n) is 23.5. The lowest BCUT2D eigenvalue weighted by Gasteiger charge is -2.27. The Morgan fingerprint density at radius 1 is 0.921 bits per heavy atom. The van der Waals surface area contributed by atoms with Crippen molar-refractivity contribution < 1.29 is 4.74 Å². The molecule has 0 atom stereocenters. The molecule has 3 aromatic rings. The first kappa shape index (κ1) is 25.1. The van der Waals surface area contributed by atoms with E-state index in [1.54, 1.807) is 0 Å². The molecule has 0 N–H and O–H groups in total. The molecule has 0 unspecified atom stereocenters. The standard InChI is InChI=1S/C32H39N5O/c1-20(2)30-23(5)34-29(19-36-10-6-7-11-36)35-32(30)37-12-13-38-31-21(3)14-26(16-27(31)18-37)24-8-9-25-15-22(4)33-28(25)17-24/h8-9,14,16-17,20H,6-7,10-13,15,18-19H2,1-5H3. The van der Waals surface area contributed by atoms with Crippen LogP contribution in [0.25, 0.3) is 11.1 Å². The summed E-state index contributed by atoms with van der Waals surface area (Å²) in [5.41, 5.74) is 10.8. The van der Waals surface area contributed by atoms with Gasteiger partial charge >= 0.3 is 0 Å². The number of rotatable bonds is 5. The van der Waals surface area contributed by atoms with E-state index in [1.165, 1.54) is 51.9 Å². The van der Waals surface area contributed by atoms with E-state index >= 15 is 0 Å². The molecule has 6 rings (SSSR count). The molecule has 0 aliphatic carbocycles. The molecule has 0 spiro atoms. The maximum absolute atomic E-state index is 6.36. The first-order valence-corrected chi connectivity index (χ1v) is 14.1. The molecule has 198 valence electrons. The number of aryl methyl sites for hydroxylation is 2. The third-order valence-electron chi connectivity index (χ3n) is 8.10. The second-order valence-corrected chi connectivity index (χ2v) is 11.5. The van der Waals surface area contributed by atoms with Crippen LogP contribution in [-0.4, -0.2) is 46.8 Å². The predicted molar refractivity (Wildman–Crippen MR) is 155 cm³/mol. The summed E-state index contributed by atoms with van der Waals surface area (Å²) in [7, 11) is 0. The van der Waals surface area contributed by atoms with Gasteiger partial charge in [-0.3, -0.25) is 9.89 Å². The average molecular weight is 510 g/mol. The van der Waals surface area contributed by atoms with E-state index in [4.69, 9.17) is 19.7 Å². The maximum atomic E-state index is 6.36. The van der Waals surface area contributed by atoms with Crippen LogP contribution in [0.2, 0.25) is 0 Å². The highest BCUT2D eigenvalue weighted by Gasteiger charge is 2.25. The number of aromatic nitrogens is 2. The van der Waals surface area contributed by atoms with Crippen molar-refractivity contribution in [3.8, 4) is 16.9 Å². The number of likely N-dealkylation sites (tertiary alicyclic amines) is 1. The molecule has 0 amide bonds. The van der Waals surface area contributed by atoms with Crippen LogP contribution in [0.1, 0.15) is 73.3 Å². The molecule has 3 aliphatic rings. The Kier molecular flexibility index (Phi) is 6.68. The van der Waals surface area contributed by atoms with Gasteiger partial charge in [0.2, 0.25) is 0 Å². The lowest BCUT2D eigenvalue weighted by Crippen LogP contribution is -2.29. The molecule has 1 aromatic heterocycles. The van der Waals surface area contributed by atoms with Crippen LogP contribution in [0, 0.1) is 13.8 Å². The van der Waals surface area contributed by atoms with Gasteiger partial charge in [-0.05, 0) is 93.1 Å². The molecule has 1 saturated heterocycles.